The lowest BCUT2D eigenvalue weighted by Gasteiger charge is -2.15. The summed E-state index contributed by atoms with van der Waals surface area (Å²) in [5.74, 6) is 0. The van der Waals surface area contributed by atoms with E-state index in [1.165, 1.54) is 0 Å². The Morgan fingerprint density at radius 1 is 0.425 bits per heavy atom. The Morgan fingerprint density at radius 2 is 0.875 bits per heavy atom. The lowest BCUT2D eigenvalue weighted by atomic mass is 10.0. The van der Waals surface area contributed by atoms with Crippen LogP contribution in [0, 0.1) is 22.7 Å². The van der Waals surface area contributed by atoms with E-state index >= 15 is 0 Å². The van der Waals surface area contributed by atoms with E-state index in [1.807, 2.05) is 54.6 Å². The van der Waals surface area contributed by atoms with Crippen LogP contribution >= 0.6 is 0 Å². The highest BCUT2D eigenvalue weighted by atomic mass is 15.0. The van der Waals surface area contributed by atoms with Crippen molar-refractivity contribution in [2.75, 3.05) is 0 Å². The highest BCUT2D eigenvalue weighted by molar-refractivity contribution is 6.21. The number of rotatable bonds is 2. The lowest BCUT2D eigenvalue weighted by molar-refractivity contribution is 1.12. The molecule has 0 fully saturated rings. The second-order valence-electron chi connectivity index (χ2n) is 10.0. The van der Waals surface area contributed by atoms with Gasteiger partial charge in [-0.1, -0.05) is 84.9 Å². The molecule has 0 aliphatic carbocycles. The summed E-state index contributed by atoms with van der Waals surface area (Å²) in [7, 11) is 0. The molecule has 0 atom stereocenters. The molecule has 4 heteroatoms. The number of fused-ring (bicyclic) bond motifs is 8. The van der Waals surface area contributed by atoms with E-state index < -0.39 is 0 Å². The minimum atomic E-state index is 0.506. The van der Waals surface area contributed by atoms with Gasteiger partial charge in [-0.15, -0.1) is 0 Å². The van der Waals surface area contributed by atoms with Crippen molar-refractivity contribution in [2.24, 2.45) is 0 Å². The molecule has 0 unspecified atom stereocenters. The van der Waals surface area contributed by atoms with Gasteiger partial charge < -0.3 is 9.13 Å². The molecule has 0 saturated carbocycles. The van der Waals surface area contributed by atoms with Crippen LogP contribution in [0.4, 0.5) is 0 Å². The Hall–Kier alpha value is -5.84. The Bertz CT molecular complexity index is 2350. The highest BCUT2D eigenvalue weighted by Crippen LogP contribution is 2.39. The monoisotopic (exact) mass is 508 g/mol. The molecule has 8 rings (SSSR count). The van der Waals surface area contributed by atoms with Gasteiger partial charge in [0.25, 0.3) is 0 Å². The molecular formula is C36H20N4. The quantitative estimate of drug-likeness (QED) is 0.234. The maximum absolute atomic E-state index is 10.5. The van der Waals surface area contributed by atoms with Crippen molar-refractivity contribution >= 4 is 54.4 Å². The van der Waals surface area contributed by atoms with Gasteiger partial charge in [0.15, 0.2) is 0 Å². The fourth-order valence-electron chi connectivity index (χ4n) is 6.31. The summed E-state index contributed by atoms with van der Waals surface area (Å²) >= 11 is 0. The van der Waals surface area contributed by atoms with Gasteiger partial charge in [-0.25, -0.2) is 0 Å². The van der Waals surface area contributed by atoms with Crippen LogP contribution in [0.2, 0.25) is 0 Å². The van der Waals surface area contributed by atoms with E-state index in [0.717, 1.165) is 54.4 Å². The van der Waals surface area contributed by atoms with Crippen molar-refractivity contribution in [1.29, 1.82) is 10.5 Å². The highest BCUT2D eigenvalue weighted by Gasteiger charge is 2.21. The van der Waals surface area contributed by atoms with Crippen molar-refractivity contribution in [2.45, 2.75) is 0 Å². The topological polar surface area (TPSA) is 57.4 Å². The number of nitriles is 2. The van der Waals surface area contributed by atoms with Crippen molar-refractivity contribution in [3.63, 3.8) is 0 Å². The largest absolute Gasteiger partial charge is 0.308 e. The molecule has 0 amide bonds. The Kier molecular flexibility index (Phi) is 4.62. The Balaban J connectivity index is 1.49. The van der Waals surface area contributed by atoms with Crippen LogP contribution in [0.3, 0.4) is 0 Å². The molecule has 0 N–H and O–H groups in total. The van der Waals surface area contributed by atoms with Gasteiger partial charge in [0.1, 0.15) is 12.1 Å². The van der Waals surface area contributed by atoms with Crippen LogP contribution in [0.25, 0.3) is 65.8 Å². The number of hydrogen-bond acceptors (Lipinski definition) is 2. The third-order valence-corrected chi connectivity index (χ3v) is 7.98. The van der Waals surface area contributed by atoms with E-state index in [4.69, 9.17) is 0 Å². The smallest absolute Gasteiger partial charge is 0.101 e. The molecule has 0 aliphatic heterocycles. The summed E-state index contributed by atoms with van der Waals surface area (Å²) in [6.45, 7) is 0. The molecule has 0 spiro atoms. The summed E-state index contributed by atoms with van der Waals surface area (Å²) in [5, 5.41) is 27.8. The SMILES string of the molecule is N#Cc1cc(-n2c3ccccc3c3c4ccccc4ccc32)c(C#N)cc1-n1c2ccccc2c2ccccc21. The van der Waals surface area contributed by atoms with Crippen molar-refractivity contribution in [1.82, 2.24) is 9.13 Å². The second kappa shape index (κ2) is 8.33. The fourth-order valence-corrected chi connectivity index (χ4v) is 6.31. The Labute approximate surface area is 229 Å². The van der Waals surface area contributed by atoms with Gasteiger partial charge in [-0.2, -0.15) is 10.5 Å². The molecule has 40 heavy (non-hydrogen) atoms. The minimum absolute atomic E-state index is 0.506. The molecule has 8 aromatic rings. The number of nitrogens with zero attached hydrogens (tertiary/aromatic N) is 4. The van der Waals surface area contributed by atoms with Crippen LogP contribution in [0.15, 0.2) is 121 Å². The van der Waals surface area contributed by atoms with Gasteiger partial charge in [0.05, 0.1) is 44.6 Å². The van der Waals surface area contributed by atoms with E-state index in [0.29, 0.717) is 22.5 Å². The third-order valence-electron chi connectivity index (χ3n) is 7.98. The third kappa shape index (κ3) is 2.93. The summed E-state index contributed by atoms with van der Waals surface area (Å²) in [6.07, 6.45) is 0. The fraction of sp³-hybridized carbons (Fsp3) is 0. The first-order valence-corrected chi connectivity index (χ1v) is 13.2. The molecule has 2 aromatic heterocycles. The van der Waals surface area contributed by atoms with Gasteiger partial charge in [-0.05, 0) is 47.2 Å². The molecule has 2 heterocycles. The van der Waals surface area contributed by atoms with Gasteiger partial charge in [0.2, 0.25) is 0 Å². The summed E-state index contributed by atoms with van der Waals surface area (Å²) in [6, 6.07) is 45.9. The average Bonchev–Trinajstić information content (AvgIpc) is 3.53. The summed E-state index contributed by atoms with van der Waals surface area (Å²) in [4.78, 5) is 0. The van der Waals surface area contributed by atoms with Crippen molar-refractivity contribution < 1.29 is 0 Å². The Morgan fingerprint density at radius 3 is 1.45 bits per heavy atom. The zero-order valence-electron chi connectivity index (χ0n) is 21.3. The zero-order valence-corrected chi connectivity index (χ0v) is 21.3. The predicted octanol–water partition coefficient (Wildman–Crippen LogP) is 8.78. The summed E-state index contributed by atoms with van der Waals surface area (Å²) < 4.78 is 4.24. The van der Waals surface area contributed by atoms with E-state index in [9.17, 15) is 10.5 Å². The van der Waals surface area contributed by atoms with E-state index in [1.54, 1.807) is 0 Å². The standard InChI is InChI=1S/C36H20N4/c37-21-24-20-35(40-32-16-8-5-13-29(32)36-26-10-2-1-9-23(26)17-18-33(36)40)25(22-38)19-34(24)39-30-14-6-3-11-27(30)28-12-4-7-15-31(28)39/h1-20H. The van der Waals surface area contributed by atoms with Gasteiger partial charge in [0, 0.05) is 21.5 Å². The minimum Gasteiger partial charge on any atom is -0.308 e. The first-order chi connectivity index (χ1) is 19.8. The van der Waals surface area contributed by atoms with Crippen LogP contribution in [0.1, 0.15) is 11.1 Å². The molecular weight excluding hydrogens is 488 g/mol. The molecule has 0 bridgehead atoms. The number of benzene rings is 6. The molecule has 6 aromatic carbocycles. The van der Waals surface area contributed by atoms with Crippen LogP contribution < -0.4 is 0 Å². The van der Waals surface area contributed by atoms with E-state index in [2.05, 4.69) is 88.0 Å². The van der Waals surface area contributed by atoms with Crippen LogP contribution in [0.5, 0.6) is 0 Å². The number of hydrogen-bond donors (Lipinski definition) is 0. The van der Waals surface area contributed by atoms with Gasteiger partial charge >= 0.3 is 0 Å². The summed E-state index contributed by atoms with van der Waals surface area (Å²) in [5.41, 5.74) is 6.42. The second-order valence-corrected chi connectivity index (χ2v) is 10.0. The van der Waals surface area contributed by atoms with Crippen LogP contribution in [-0.4, -0.2) is 9.13 Å². The van der Waals surface area contributed by atoms with Gasteiger partial charge in [-0.3, -0.25) is 0 Å². The lowest BCUT2D eigenvalue weighted by Crippen LogP contribution is -2.04. The molecule has 0 radical (unpaired) electrons. The number of para-hydroxylation sites is 3. The first kappa shape index (κ1) is 22.2. The molecule has 0 saturated heterocycles. The number of aromatic nitrogens is 2. The molecule has 184 valence electrons. The maximum atomic E-state index is 10.5. The first-order valence-electron chi connectivity index (χ1n) is 13.2. The normalized spacial score (nSPS) is 11.4. The molecule has 4 nitrogen and oxygen atoms in total. The molecule has 0 aliphatic rings. The van der Waals surface area contributed by atoms with Crippen molar-refractivity contribution in [3.05, 3.63) is 132 Å². The zero-order chi connectivity index (χ0) is 26.8. The van der Waals surface area contributed by atoms with Crippen molar-refractivity contribution in [3.8, 4) is 23.5 Å². The average molecular weight is 509 g/mol. The van der Waals surface area contributed by atoms with E-state index in [-0.39, 0.29) is 0 Å². The predicted molar refractivity (Wildman–Crippen MR) is 162 cm³/mol. The maximum Gasteiger partial charge on any atom is 0.101 e. The van der Waals surface area contributed by atoms with Crippen LogP contribution in [-0.2, 0) is 0 Å².